The van der Waals surface area contributed by atoms with Gasteiger partial charge in [0.25, 0.3) is 0 Å². The first-order valence-corrected chi connectivity index (χ1v) is 10.00. The van der Waals surface area contributed by atoms with Crippen molar-refractivity contribution < 1.29 is 23.7 Å². The molecule has 32 heavy (non-hydrogen) atoms. The second-order valence-electron chi connectivity index (χ2n) is 7.11. The number of cyclic esters (lactones) is 1. The zero-order chi connectivity index (χ0) is 22.1. The first-order chi connectivity index (χ1) is 15.7. The zero-order valence-corrected chi connectivity index (χ0v) is 17.5. The van der Waals surface area contributed by atoms with Crippen LogP contribution < -0.4 is 14.2 Å². The SMILES string of the molecule is COc1ccc(C2=C/C(=C3/N=C(c4ccccc4)OC3=O)c3ccccc3O2)cc1OC. The maximum Gasteiger partial charge on any atom is 0.364 e. The molecule has 6 heteroatoms. The number of esters is 1. The third kappa shape index (κ3) is 3.41. The van der Waals surface area contributed by atoms with Crippen LogP contribution in [0, 0.1) is 0 Å². The van der Waals surface area contributed by atoms with Crippen molar-refractivity contribution in [2.75, 3.05) is 14.2 Å². The molecule has 0 aromatic heterocycles. The van der Waals surface area contributed by atoms with E-state index in [-0.39, 0.29) is 11.6 Å². The molecule has 0 N–H and O–H groups in total. The van der Waals surface area contributed by atoms with Gasteiger partial charge >= 0.3 is 5.97 Å². The topological polar surface area (TPSA) is 66.4 Å². The van der Waals surface area contributed by atoms with Crippen molar-refractivity contribution in [3.05, 3.63) is 101 Å². The molecule has 3 aromatic carbocycles. The lowest BCUT2D eigenvalue weighted by Crippen LogP contribution is -2.08. The minimum atomic E-state index is -0.501. The van der Waals surface area contributed by atoms with Gasteiger partial charge in [0.1, 0.15) is 11.5 Å². The highest BCUT2D eigenvalue weighted by atomic mass is 16.6. The van der Waals surface area contributed by atoms with Gasteiger partial charge in [0.2, 0.25) is 5.90 Å². The number of nitrogens with zero attached hydrogens (tertiary/aromatic N) is 1. The minimum Gasteiger partial charge on any atom is -0.493 e. The van der Waals surface area contributed by atoms with Crippen molar-refractivity contribution in [2.24, 2.45) is 4.99 Å². The van der Waals surface area contributed by atoms with E-state index in [9.17, 15) is 4.79 Å². The number of hydrogen-bond acceptors (Lipinski definition) is 6. The number of rotatable bonds is 4. The summed E-state index contributed by atoms with van der Waals surface area (Å²) in [5, 5.41) is 0. The molecule has 0 spiro atoms. The summed E-state index contributed by atoms with van der Waals surface area (Å²) in [6, 6.07) is 22.4. The van der Waals surface area contributed by atoms with E-state index in [1.807, 2.05) is 66.7 Å². The van der Waals surface area contributed by atoms with Crippen molar-refractivity contribution in [3.8, 4) is 17.2 Å². The Balaban J connectivity index is 1.66. The van der Waals surface area contributed by atoms with Crippen molar-refractivity contribution >= 4 is 23.2 Å². The molecule has 0 aliphatic carbocycles. The Bertz CT molecular complexity index is 1300. The lowest BCUT2D eigenvalue weighted by molar-refractivity contribution is -0.129. The average molecular weight is 425 g/mol. The van der Waals surface area contributed by atoms with Crippen LogP contribution in [-0.2, 0) is 9.53 Å². The summed E-state index contributed by atoms with van der Waals surface area (Å²) < 4.78 is 22.4. The van der Waals surface area contributed by atoms with Crippen molar-refractivity contribution in [3.63, 3.8) is 0 Å². The number of benzene rings is 3. The van der Waals surface area contributed by atoms with Crippen LogP contribution in [0.5, 0.6) is 17.2 Å². The maximum absolute atomic E-state index is 12.8. The van der Waals surface area contributed by atoms with Crippen LogP contribution in [0.25, 0.3) is 11.3 Å². The predicted molar refractivity (Wildman–Crippen MR) is 121 cm³/mol. The number of methoxy groups -OCH3 is 2. The summed E-state index contributed by atoms with van der Waals surface area (Å²) >= 11 is 0. The van der Waals surface area contributed by atoms with Gasteiger partial charge in [-0.2, -0.15) is 0 Å². The number of ether oxygens (including phenoxy) is 4. The number of fused-ring (bicyclic) bond motifs is 1. The number of carbonyl (C=O) groups is 1. The Morgan fingerprint density at radius 3 is 2.31 bits per heavy atom. The quantitative estimate of drug-likeness (QED) is 0.442. The van der Waals surface area contributed by atoms with Gasteiger partial charge in [-0.25, -0.2) is 9.79 Å². The van der Waals surface area contributed by atoms with E-state index in [2.05, 4.69) is 4.99 Å². The van der Waals surface area contributed by atoms with Crippen molar-refractivity contribution in [2.45, 2.75) is 0 Å². The van der Waals surface area contributed by atoms with Gasteiger partial charge in [0.15, 0.2) is 17.2 Å². The first kappa shape index (κ1) is 19.6. The normalized spacial score (nSPS) is 17.0. The smallest absolute Gasteiger partial charge is 0.364 e. The second kappa shape index (κ2) is 8.07. The molecule has 158 valence electrons. The van der Waals surface area contributed by atoms with Gasteiger partial charge in [0, 0.05) is 22.3 Å². The Morgan fingerprint density at radius 2 is 1.53 bits per heavy atom. The van der Waals surface area contributed by atoms with E-state index in [1.54, 1.807) is 26.4 Å². The van der Waals surface area contributed by atoms with Gasteiger partial charge < -0.3 is 18.9 Å². The molecule has 0 radical (unpaired) electrons. The van der Waals surface area contributed by atoms with Gasteiger partial charge in [-0.05, 0) is 42.5 Å². The second-order valence-corrected chi connectivity index (χ2v) is 7.11. The number of para-hydroxylation sites is 1. The molecule has 0 saturated heterocycles. The Morgan fingerprint density at radius 1 is 0.781 bits per heavy atom. The molecule has 0 bridgehead atoms. The van der Waals surface area contributed by atoms with Crippen LogP contribution in [0.15, 0.2) is 89.6 Å². The fourth-order valence-corrected chi connectivity index (χ4v) is 3.64. The molecule has 6 nitrogen and oxygen atoms in total. The highest BCUT2D eigenvalue weighted by Crippen LogP contribution is 2.41. The van der Waals surface area contributed by atoms with Crippen LogP contribution in [0.1, 0.15) is 16.7 Å². The Hall–Kier alpha value is -4.32. The highest BCUT2D eigenvalue weighted by molar-refractivity contribution is 6.15. The largest absolute Gasteiger partial charge is 0.493 e. The van der Waals surface area contributed by atoms with Crippen LogP contribution >= 0.6 is 0 Å². The summed E-state index contributed by atoms with van der Waals surface area (Å²) in [6.07, 6.45) is 1.80. The third-order valence-electron chi connectivity index (χ3n) is 5.21. The van der Waals surface area contributed by atoms with E-state index in [0.29, 0.717) is 28.6 Å². The van der Waals surface area contributed by atoms with Crippen LogP contribution in [0.4, 0.5) is 0 Å². The first-order valence-electron chi connectivity index (χ1n) is 10.00. The lowest BCUT2D eigenvalue weighted by Gasteiger charge is -2.21. The molecule has 3 aromatic rings. The van der Waals surface area contributed by atoms with E-state index < -0.39 is 5.97 Å². The summed E-state index contributed by atoms with van der Waals surface area (Å²) in [5.41, 5.74) is 3.14. The molecule has 0 atom stereocenters. The van der Waals surface area contributed by atoms with Crippen LogP contribution in [0.3, 0.4) is 0 Å². The van der Waals surface area contributed by atoms with E-state index in [1.165, 1.54) is 0 Å². The minimum absolute atomic E-state index is 0.234. The molecule has 2 aliphatic rings. The summed E-state index contributed by atoms with van der Waals surface area (Å²) in [5.74, 6) is 2.15. The molecule has 5 rings (SSSR count). The van der Waals surface area contributed by atoms with Crippen LogP contribution in [0.2, 0.25) is 0 Å². The van der Waals surface area contributed by atoms with E-state index in [0.717, 1.165) is 16.7 Å². The molecular formula is C26H19NO5. The summed E-state index contributed by atoms with van der Waals surface area (Å²) in [4.78, 5) is 17.3. The number of aliphatic imine (C=N–C) groups is 1. The van der Waals surface area contributed by atoms with Crippen molar-refractivity contribution in [1.82, 2.24) is 0 Å². The number of carbonyl (C=O) groups excluding carboxylic acids is 1. The monoisotopic (exact) mass is 425 g/mol. The molecule has 0 fully saturated rings. The lowest BCUT2D eigenvalue weighted by atomic mass is 9.97. The van der Waals surface area contributed by atoms with Gasteiger partial charge in [-0.1, -0.05) is 36.4 Å². The van der Waals surface area contributed by atoms with Crippen LogP contribution in [-0.4, -0.2) is 26.1 Å². The fraction of sp³-hybridized carbons (Fsp3) is 0.0769. The van der Waals surface area contributed by atoms with Gasteiger partial charge in [0.05, 0.1) is 14.2 Å². The van der Waals surface area contributed by atoms with E-state index in [4.69, 9.17) is 18.9 Å². The predicted octanol–water partition coefficient (Wildman–Crippen LogP) is 4.85. The van der Waals surface area contributed by atoms with Gasteiger partial charge in [-0.3, -0.25) is 0 Å². The average Bonchev–Trinajstić information content (AvgIpc) is 3.24. The molecule has 0 saturated carbocycles. The zero-order valence-electron chi connectivity index (χ0n) is 17.5. The van der Waals surface area contributed by atoms with Gasteiger partial charge in [-0.15, -0.1) is 0 Å². The molecule has 2 heterocycles. The standard InChI is InChI=1S/C26H19NO5/c1-29-21-13-12-17(14-23(21)30-2)22-15-19(18-10-6-7-11-20(18)31-22)24-26(28)32-25(27-24)16-8-4-3-5-9-16/h3-15H,1-2H3/b24-19-. The number of allylic oxidation sites excluding steroid dienone is 2. The number of hydrogen-bond donors (Lipinski definition) is 0. The Kier molecular flexibility index (Phi) is 4.95. The third-order valence-corrected chi connectivity index (χ3v) is 5.21. The highest BCUT2D eigenvalue weighted by Gasteiger charge is 2.30. The molecule has 0 unspecified atom stereocenters. The molecule has 2 aliphatic heterocycles. The van der Waals surface area contributed by atoms with Crippen molar-refractivity contribution in [1.29, 1.82) is 0 Å². The Labute approximate surface area is 185 Å². The molecule has 0 amide bonds. The summed E-state index contributed by atoms with van der Waals surface area (Å²) in [6.45, 7) is 0. The molecular weight excluding hydrogens is 406 g/mol. The maximum atomic E-state index is 12.8. The summed E-state index contributed by atoms with van der Waals surface area (Å²) in [7, 11) is 3.16. The van der Waals surface area contributed by atoms with E-state index >= 15 is 0 Å². The fourth-order valence-electron chi connectivity index (χ4n) is 3.64.